The summed E-state index contributed by atoms with van der Waals surface area (Å²) < 4.78 is 50.4. The smallest absolute Gasteiger partial charge is 0.387 e. The van der Waals surface area contributed by atoms with E-state index < -0.39 is 66.0 Å². The van der Waals surface area contributed by atoms with Gasteiger partial charge in [-0.25, -0.2) is 23.3 Å². The highest BCUT2D eigenvalue weighted by Gasteiger charge is 2.46. The second-order valence-corrected chi connectivity index (χ2v) is 9.74. The number of aliphatic hydroxyl groups excluding tert-OH is 2. The molecular formula is C8H14N3O15P3. The first-order chi connectivity index (χ1) is 13.1. The lowest BCUT2D eigenvalue weighted by atomic mass is 10.1. The molecule has 6 atom stereocenters. The van der Waals surface area contributed by atoms with E-state index in [4.69, 9.17) is 19.4 Å². The van der Waals surface area contributed by atoms with Crippen molar-refractivity contribution in [3.8, 4) is 0 Å². The SMILES string of the molecule is O=c1ncn([C@@H]2O[C@H](COP(=O)(O)OP(=O)(O)OP(=O)(O)O)[C@@H](O)[C@H]2O)c(=O)[nH]1. The first-order valence-corrected chi connectivity index (χ1v) is 11.6. The van der Waals surface area contributed by atoms with Crippen molar-refractivity contribution >= 4 is 23.5 Å². The maximum atomic E-state index is 11.7. The Morgan fingerprint density at radius 3 is 2.24 bits per heavy atom. The minimum atomic E-state index is -5.74. The van der Waals surface area contributed by atoms with Gasteiger partial charge in [0.1, 0.15) is 24.6 Å². The summed E-state index contributed by atoms with van der Waals surface area (Å²) in [7, 11) is -16.8. The molecule has 0 amide bonds. The number of phosphoric ester groups is 1. The molecule has 0 aromatic carbocycles. The second kappa shape index (κ2) is 8.56. The molecule has 2 rings (SSSR count). The van der Waals surface area contributed by atoms with Gasteiger partial charge in [0, 0.05) is 0 Å². The molecule has 1 aromatic heterocycles. The van der Waals surface area contributed by atoms with Crippen molar-refractivity contribution in [3.63, 3.8) is 0 Å². The van der Waals surface area contributed by atoms with Gasteiger partial charge in [-0.2, -0.15) is 13.6 Å². The summed E-state index contributed by atoms with van der Waals surface area (Å²) in [5.41, 5.74) is -2.06. The Morgan fingerprint density at radius 1 is 1.07 bits per heavy atom. The lowest BCUT2D eigenvalue weighted by molar-refractivity contribution is -0.0548. The quantitative estimate of drug-likeness (QED) is 0.179. The van der Waals surface area contributed by atoms with Crippen LogP contribution in [0.5, 0.6) is 0 Å². The van der Waals surface area contributed by atoms with Crippen molar-refractivity contribution in [2.24, 2.45) is 0 Å². The van der Waals surface area contributed by atoms with Crippen LogP contribution in [0.15, 0.2) is 15.9 Å². The lowest BCUT2D eigenvalue weighted by Crippen LogP contribution is -2.38. The number of aromatic nitrogens is 3. The Kier molecular flexibility index (Phi) is 7.14. The average molecular weight is 485 g/mol. The first kappa shape index (κ1) is 24.2. The van der Waals surface area contributed by atoms with Gasteiger partial charge >= 0.3 is 34.8 Å². The molecule has 2 unspecified atom stereocenters. The second-order valence-electron chi connectivity index (χ2n) is 5.32. The van der Waals surface area contributed by atoms with Crippen LogP contribution < -0.4 is 11.4 Å². The summed E-state index contributed by atoms with van der Waals surface area (Å²) in [6, 6.07) is 0. The third kappa shape index (κ3) is 6.70. The maximum Gasteiger partial charge on any atom is 0.490 e. The van der Waals surface area contributed by atoms with Crippen LogP contribution in [0.25, 0.3) is 0 Å². The highest BCUT2D eigenvalue weighted by atomic mass is 31.3. The Hall–Kier alpha value is -1.10. The van der Waals surface area contributed by atoms with Gasteiger partial charge in [0.05, 0.1) is 6.61 Å². The number of ether oxygens (including phenoxy) is 1. The Labute approximate surface area is 158 Å². The third-order valence-electron chi connectivity index (χ3n) is 3.18. The highest BCUT2D eigenvalue weighted by Crippen LogP contribution is 2.66. The number of phosphoric acid groups is 3. The monoisotopic (exact) mass is 485 g/mol. The normalized spacial score (nSPS) is 29.3. The fourth-order valence-corrected chi connectivity index (χ4v) is 5.13. The standard InChI is InChI=1S/C8H14N3O15P3/c12-4-3(1-23-28(19,20)26-29(21,22)25-27(16,17)18)24-6(5(4)13)11-2-9-7(14)10-8(11)15/h2-6,12-13H,1H2,(H,19,20)(H,21,22)(H,10,14,15)(H2,16,17,18)/t3-,4-,5-,6-/m1/s1. The van der Waals surface area contributed by atoms with E-state index in [2.05, 4.69) is 18.1 Å². The van der Waals surface area contributed by atoms with Gasteiger partial charge in [-0.05, 0) is 0 Å². The fraction of sp³-hybridized carbons (Fsp3) is 0.625. The van der Waals surface area contributed by atoms with Crippen molar-refractivity contribution < 1.29 is 61.4 Å². The molecule has 1 saturated heterocycles. The third-order valence-corrected chi connectivity index (χ3v) is 6.98. The lowest BCUT2D eigenvalue weighted by Gasteiger charge is -2.19. The average Bonchev–Trinajstić information content (AvgIpc) is 2.78. The summed E-state index contributed by atoms with van der Waals surface area (Å²) in [6.07, 6.45) is -6.11. The van der Waals surface area contributed by atoms with E-state index in [1.165, 1.54) is 0 Å². The van der Waals surface area contributed by atoms with Crippen LogP contribution in [-0.4, -0.2) is 69.2 Å². The largest absolute Gasteiger partial charge is 0.490 e. The van der Waals surface area contributed by atoms with Gasteiger partial charge < -0.3 is 34.5 Å². The van der Waals surface area contributed by atoms with E-state index >= 15 is 0 Å². The molecule has 7 N–H and O–H groups in total. The zero-order chi connectivity index (χ0) is 22.2. The van der Waals surface area contributed by atoms with Crippen LogP contribution in [-0.2, 0) is 31.6 Å². The molecule has 0 aliphatic carbocycles. The molecule has 166 valence electrons. The predicted octanol–water partition coefficient (Wildman–Crippen LogP) is -3.11. The number of nitrogens with one attached hydrogen (secondary N) is 1. The van der Waals surface area contributed by atoms with E-state index in [1.807, 2.05) is 0 Å². The van der Waals surface area contributed by atoms with Gasteiger partial charge in [0.25, 0.3) is 0 Å². The van der Waals surface area contributed by atoms with Crippen molar-refractivity contribution in [1.29, 1.82) is 0 Å². The van der Waals surface area contributed by atoms with Crippen LogP contribution in [0.2, 0.25) is 0 Å². The predicted molar refractivity (Wildman–Crippen MR) is 84.9 cm³/mol. The number of rotatable bonds is 8. The Bertz CT molecular complexity index is 999. The summed E-state index contributed by atoms with van der Waals surface area (Å²) in [5.74, 6) is 0. The summed E-state index contributed by atoms with van der Waals surface area (Å²) in [6.45, 7) is -1.07. The maximum absolute atomic E-state index is 11.7. The number of H-pyrrole nitrogens is 1. The zero-order valence-corrected chi connectivity index (χ0v) is 16.4. The van der Waals surface area contributed by atoms with E-state index in [9.17, 15) is 38.4 Å². The number of aliphatic hydroxyl groups is 2. The summed E-state index contributed by atoms with van der Waals surface area (Å²) in [5, 5.41) is 19.9. The molecule has 1 aliphatic heterocycles. The van der Waals surface area contributed by atoms with E-state index in [-0.39, 0.29) is 0 Å². The van der Waals surface area contributed by atoms with Crippen LogP contribution in [0.4, 0.5) is 0 Å². The molecule has 18 nitrogen and oxygen atoms in total. The molecule has 1 aromatic rings. The molecule has 0 bridgehead atoms. The Morgan fingerprint density at radius 2 is 1.69 bits per heavy atom. The first-order valence-electron chi connectivity index (χ1n) is 7.08. The number of nitrogens with zero attached hydrogens (tertiary/aromatic N) is 2. The topological polar surface area (TPSA) is 277 Å². The number of aromatic amines is 1. The van der Waals surface area contributed by atoms with Crippen molar-refractivity contribution in [3.05, 3.63) is 27.3 Å². The van der Waals surface area contributed by atoms with Crippen LogP contribution in [0.1, 0.15) is 6.23 Å². The molecule has 29 heavy (non-hydrogen) atoms. The summed E-state index contributed by atoms with van der Waals surface area (Å²) in [4.78, 5) is 62.9. The van der Waals surface area contributed by atoms with Crippen molar-refractivity contribution in [2.45, 2.75) is 24.5 Å². The van der Waals surface area contributed by atoms with Crippen LogP contribution >= 0.6 is 23.5 Å². The molecule has 0 spiro atoms. The summed E-state index contributed by atoms with van der Waals surface area (Å²) >= 11 is 0. The fourth-order valence-electron chi connectivity index (χ4n) is 2.10. The van der Waals surface area contributed by atoms with E-state index in [1.54, 1.807) is 4.98 Å². The minimum absolute atomic E-state index is 0.597. The highest BCUT2D eigenvalue weighted by molar-refractivity contribution is 7.66. The molecule has 0 saturated carbocycles. The van der Waals surface area contributed by atoms with Crippen molar-refractivity contribution in [1.82, 2.24) is 14.5 Å². The van der Waals surface area contributed by atoms with E-state index in [0.29, 0.717) is 10.9 Å². The van der Waals surface area contributed by atoms with Gasteiger partial charge in [0.2, 0.25) is 0 Å². The minimum Gasteiger partial charge on any atom is -0.387 e. The number of hydrogen-bond acceptors (Lipinski definition) is 12. The molecule has 2 heterocycles. The van der Waals surface area contributed by atoms with Gasteiger partial charge in [0.15, 0.2) is 6.23 Å². The molecule has 21 heteroatoms. The molecular weight excluding hydrogens is 471 g/mol. The Balaban J connectivity index is 2.06. The van der Waals surface area contributed by atoms with E-state index in [0.717, 1.165) is 0 Å². The molecule has 1 fully saturated rings. The van der Waals surface area contributed by atoms with Crippen molar-refractivity contribution in [2.75, 3.05) is 6.61 Å². The number of hydrogen-bond donors (Lipinski definition) is 7. The van der Waals surface area contributed by atoms with Gasteiger partial charge in [-0.3, -0.25) is 14.1 Å². The zero-order valence-electron chi connectivity index (χ0n) is 13.7. The van der Waals surface area contributed by atoms with Gasteiger partial charge in [-0.1, -0.05) is 0 Å². The van der Waals surface area contributed by atoms with Crippen LogP contribution in [0.3, 0.4) is 0 Å². The van der Waals surface area contributed by atoms with Crippen LogP contribution in [0, 0.1) is 0 Å². The molecule has 1 aliphatic rings. The van der Waals surface area contributed by atoms with Gasteiger partial charge in [-0.15, -0.1) is 0 Å². The molecule has 0 radical (unpaired) electrons.